The van der Waals surface area contributed by atoms with Crippen molar-refractivity contribution >= 4 is 27.3 Å². The molecule has 2 aromatic carbocycles. The standard InChI is InChI=1S/C25H33N3O4S/c1-32-24-13-12-23(33(30,31)28-17-3-2-4-18-28)19-20(24)7-14-25(29)26-21-8-10-22(11-9-21)27-15-5-6-16-27/h8-13,19H,2-7,14-18H2,1H3,(H,26,29). The number of anilines is 2. The number of nitrogens with zero attached hydrogens (tertiary/aromatic N) is 2. The Balaban J connectivity index is 1.39. The summed E-state index contributed by atoms with van der Waals surface area (Å²) < 4.78 is 33.1. The van der Waals surface area contributed by atoms with E-state index in [0.717, 1.165) is 43.6 Å². The Morgan fingerprint density at radius 3 is 2.27 bits per heavy atom. The van der Waals surface area contributed by atoms with Crippen LogP contribution in [0.3, 0.4) is 0 Å². The number of amides is 1. The fourth-order valence-corrected chi connectivity index (χ4v) is 6.14. The van der Waals surface area contributed by atoms with Crippen LogP contribution in [0.15, 0.2) is 47.4 Å². The van der Waals surface area contributed by atoms with E-state index in [-0.39, 0.29) is 17.2 Å². The van der Waals surface area contributed by atoms with E-state index in [1.165, 1.54) is 18.5 Å². The van der Waals surface area contributed by atoms with Crippen LogP contribution < -0.4 is 15.0 Å². The van der Waals surface area contributed by atoms with Gasteiger partial charge in [0.15, 0.2) is 0 Å². The molecule has 0 unspecified atom stereocenters. The zero-order valence-electron chi connectivity index (χ0n) is 19.3. The topological polar surface area (TPSA) is 79.0 Å². The molecule has 33 heavy (non-hydrogen) atoms. The summed E-state index contributed by atoms with van der Waals surface area (Å²) in [4.78, 5) is 15.2. The van der Waals surface area contributed by atoms with Crippen molar-refractivity contribution in [2.24, 2.45) is 0 Å². The second-order valence-corrected chi connectivity index (χ2v) is 10.7. The largest absolute Gasteiger partial charge is 0.496 e. The Morgan fingerprint density at radius 2 is 1.61 bits per heavy atom. The maximum Gasteiger partial charge on any atom is 0.243 e. The van der Waals surface area contributed by atoms with Gasteiger partial charge in [-0.25, -0.2) is 8.42 Å². The van der Waals surface area contributed by atoms with E-state index >= 15 is 0 Å². The first-order chi connectivity index (χ1) is 16.0. The summed E-state index contributed by atoms with van der Waals surface area (Å²) in [5.74, 6) is 0.477. The summed E-state index contributed by atoms with van der Waals surface area (Å²) in [5, 5.41) is 2.94. The number of rotatable bonds is 8. The van der Waals surface area contributed by atoms with Gasteiger partial charge in [-0.2, -0.15) is 4.31 Å². The molecule has 2 aliphatic heterocycles. The number of hydrogen-bond donors (Lipinski definition) is 1. The van der Waals surface area contributed by atoms with Crippen LogP contribution in [-0.2, 0) is 21.2 Å². The van der Waals surface area contributed by atoms with E-state index in [1.54, 1.807) is 29.6 Å². The quantitative estimate of drug-likeness (QED) is 0.629. The van der Waals surface area contributed by atoms with Gasteiger partial charge in [-0.1, -0.05) is 6.42 Å². The van der Waals surface area contributed by atoms with Crippen molar-refractivity contribution in [1.29, 1.82) is 0 Å². The average molecular weight is 472 g/mol. The lowest BCUT2D eigenvalue weighted by Crippen LogP contribution is -2.35. The molecule has 178 valence electrons. The number of carbonyl (C=O) groups excluding carboxylic acids is 1. The molecule has 2 heterocycles. The van der Waals surface area contributed by atoms with Crippen molar-refractivity contribution in [3.8, 4) is 5.75 Å². The van der Waals surface area contributed by atoms with Gasteiger partial charge in [-0.05, 0) is 80.1 Å². The van der Waals surface area contributed by atoms with E-state index in [0.29, 0.717) is 25.3 Å². The highest BCUT2D eigenvalue weighted by molar-refractivity contribution is 7.89. The molecular weight excluding hydrogens is 438 g/mol. The number of ether oxygens (including phenoxy) is 1. The molecule has 0 radical (unpaired) electrons. The van der Waals surface area contributed by atoms with E-state index in [1.807, 2.05) is 24.3 Å². The summed E-state index contributed by atoms with van der Waals surface area (Å²) >= 11 is 0. The predicted octanol–water partition coefficient (Wildman–Crippen LogP) is 4.04. The average Bonchev–Trinajstić information content (AvgIpc) is 3.38. The second-order valence-electron chi connectivity index (χ2n) is 8.73. The Hall–Kier alpha value is -2.58. The molecule has 0 saturated carbocycles. The van der Waals surface area contributed by atoms with Crippen LogP contribution in [0.4, 0.5) is 11.4 Å². The molecule has 1 N–H and O–H groups in total. The van der Waals surface area contributed by atoms with Gasteiger partial charge in [0.05, 0.1) is 12.0 Å². The third kappa shape index (κ3) is 5.68. The summed E-state index contributed by atoms with van der Waals surface area (Å²) in [5.41, 5.74) is 2.66. The van der Waals surface area contributed by atoms with E-state index in [9.17, 15) is 13.2 Å². The fourth-order valence-electron chi connectivity index (χ4n) is 4.57. The lowest BCUT2D eigenvalue weighted by atomic mass is 10.1. The molecule has 0 aliphatic carbocycles. The van der Waals surface area contributed by atoms with Crippen molar-refractivity contribution in [1.82, 2.24) is 4.31 Å². The maximum absolute atomic E-state index is 13.0. The molecule has 0 bridgehead atoms. The molecule has 2 saturated heterocycles. The van der Waals surface area contributed by atoms with Crippen LogP contribution in [0.2, 0.25) is 0 Å². The third-order valence-corrected chi connectivity index (χ3v) is 8.34. The lowest BCUT2D eigenvalue weighted by Gasteiger charge is -2.26. The Labute approximate surface area is 196 Å². The van der Waals surface area contributed by atoms with Crippen molar-refractivity contribution < 1.29 is 17.9 Å². The molecule has 2 aliphatic rings. The highest BCUT2D eigenvalue weighted by atomic mass is 32.2. The van der Waals surface area contributed by atoms with Gasteiger partial charge in [0.1, 0.15) is 5.75 Å². The monoisotopic (exact) mass is 471 g/mol. The molecule has 1 amide bonds. The van der Waals surface area contributed by atoms with E-state index in [4.69, 9.17) is 4.74 Å². The number of hydrogen-bond acceptors (Lipinski definition) is 5. The Bertz CT molecular complexity index is 1060. The molecule has 2 fully saturated rings. The number of piperidine rings is 1. The van der Waals surface area contributed by atoms with Gasteiger partial charge in [0.25, 0.3) is 0 Å². The van der Waals surface area contributed by atoms with E-state index < -0.39 is 10.0 Å². The molecule has 0 atom stereocenters. The van der Waals surface area contributed by atoms with Crippen LogP contribution in [-0.4, -0.2) is 51.9 Å². The number of carbonyl (C=O) groups is 1. The highest BCUT2D eigenvalue weighted by Crippen LogP contribution is 2.27. The fraction of sp³-hybridized carbons (Fsp3) is 0.480. The van der Waals surface area contributed by atoms with Crippen molar-refractivity contribution in [2.45, 2.75) is 49.8 Å². The molecule has 4 rings (SSSR count). The van der Waals surface area contributed by atoms with Crippen LogP contribution in [0.25, 0.3) is 0 Å². The van der Waals surface area contributed by atoms with Gasteiger partial charge >= 0.3 is 0 Å². The van der Waals surface area contributed by atoms with Crippen LogP contribution >= 0.6 is 0 Å². The molecule has 2 aromatic rings. The molecule has 7 nitrogen and oxygen atoms in total. The minimum atomic E-state index is -3.53. The molecular formula is C25H33N3O4S. The van der Waals surface area contributed by atoms with Gasteiger partial charge in [-0.15, -0.1) is 0 Å². The number of methoxy groups -OCH3 is 1. The molecule has 8 heteroatoms. The number of nitrogens with one attached hydrogen (secondary N) is 1. The third-order valence-electron chi connectivity index (χ3n) is 6.45. The zero-order chi connectivity index (χ0) is 23.3. The summed E-state index contributed by atoms with van der Waals surface area (Å²) in [6.07, 6.45) is 5.92. The maximum atomic E-state index is 13.0. The van der Waals surface area contributed by atoms with Crippen molar-refractivity contribution in [3.05, 3.63) is 48.0 Å². The van der Waals surface area contributed by atoms with Crippen LogP contribution in [0, 0.1) is 0 Å². The number of aryl methyl sites for hydroxylation is 1. The molecule has 0 aromatic heterocycles. The van der Waals surface area contributed by atoms with Gasteiger partial charge in [0.2, 0.25) is 15.9 Å². The number of benzene rings is 2. The van der Waals surface area contributed by atoms with Crippen molar-refractivity contribution in [2.75, 3.05) is 43.5 Å². The minimum absolute atomic E-state index is 0.115. The summed E-state index contributed by atoms with van der Waals surface area (Å²) in [6.45, 7) is 3.28. The van der Waals surface area contributed by atoms with Crippen LogP contribution in [0.5, 0.6) is 5.75 Å². The number of sulfonamides is 1. The first-order valence-electron chi connectivity index (χ1n) is 11.8. The smallest absolute Gasteiger partial charge is 0.243 e. The summed E-state index contributed by atoms with van der Waals surface area (Å²) in [6, 6.07) is 12.9. The summed E-state index contributed by atoms with van der Waals surface area (Å²) in [7, 11) is -1.98. The SMILES string of the molecule is COc1ccc(S(=O)(=O)N2CCCCC2)cc1CCC(=O)Nc1ccc(N2CCCC2)cc1. The Kier molecular flexibility index (Phi) is 7.55. The normalized spacial score (nSPS) is 17.2. The highest BCUT2D eigenvalue weighted by Gasteiger charge is 2.26. The van der Waals surface area contributed by atoms with E-state index in [2.05, 4.69) is 10.2 Å². The first-order valence-corrected chi connectivity index (χ1v) is 13.2. The lowest BCUT2D eigenvalue weighted by molar-refractivity contribution is -0.116. The van der Waals surface area contributed by atoms with Gasteiger partial charge in [0, 0.05) is 44.0 Å². The first kappa shape index (κ1) is 23.6. The second kappa shape index (κ2) is 10.6. The van der Waals surface area contributed by atoms with Gasteiger partial charge < -0.3 is 15.0 Å². The Morgan fingerprint density at radius 1 is 0.939 bits per heavy atom. The zero-order valence-corrected chi connectivity index (χ0v) is 20.1. The van der Waals surface area contributed by atoms with Crippen molar-refractivity contribution in [3.63, 3.8) is 0 Å². The van der Waals surface area contributed by atoms with Gasteiger partial charge in [-0.3, -0.25) is 4.79 Å². The minimum Gasteiger partial charge on any atom is -0.496 e. The van der Waals surface area contributed by atoms with Crippen LogP contribution in [0.1, 0.15) is 44.1 Å². The molecule has 0 spiro atoms. The predicted molar refractivity (Wildman–Crippen MR) is 130 cm³/mol.